The van der Waals surface area contributed by atoms with Gasteiger partial charge in [-0.3, -0.25) is 9.69 Å². The Hall–Kier alpha value is -2.24. The Labute approximate surface area is 223 Å². The minimum atomic E-state index is -3.60. The number of amides is 1. The average molecular weight is 553 g/mol. The number of ether oxygens (including phenoxy) is 1. The summed E-state index contributed by atoms with van der Waals surface area (Å²) in [5.41, 5.74) is 1.13. The van der Waals surface area contributed by atoms with E-state index in [1.165, 1.54) is 23.5 Å². The third-order valence-corrected chi connectivity index (χ3v) is 9.36. The smallest absolute Gasteiger partial charge is 0.260 e. The van der Waals surface area contributed by atoms with Gasteiger partial charge in [0.2, 0.25) is 10.0 Å². The molecule has 1 aliphatic rings. The van der Waals surface area contributed by atoms with E-state index in [1.54, 1.807) is 28.4 Å². The van der Waals surface area contributed by atoms with Crippen molar-refractivity contribution in [3.63, 3.8) is 0 Å². The fraction of sp³-hybridized carbons (Fsp3) is 0.440. The number of rotatable bonds is 8. The number of anilines is 1. The lowest BCUT2D eigenvalue weighted by molar-refractivity contribution is 0.0985. The maximum Gasteiger partial charge on any atom is 0.260 e. The quantitative estimate of drug-likeness (QED) is 0.409. The van der Waals surface area contributed by atoms with Crippen LogP contribution in [0.5, 0.6) is 5.75 Å². The molecule has 1 aromatic heterocycles. The lowest BCUT2D eigenvalue weighted by Crippen LogP contribution is -2.41. The van der Waals surface area contributed by atoms with Gasteiger partial charge in [0.25, 0.3) is 5.91 Å². The summed E-state index contributed by atoms with van der Waals surface area (Å²) in [5, 5.41) is 0.579. The molecule has 1 atom stereocenters. The van der Waals surface area contributed by atoms with Crippen LogP contribution in [0, 0.1) is 0 Å². The number of carbonyl (C=O) groups excluding carboxylic acids is 1. The fourth-order valence-electron chi connectivity index (χ4n) is 4.27. The summed E-state index contributed by atoms with van der Waals surface area (Å²) in [6.07, 6.45) is 2.78. The highest BCUT2D eigenvalue weighted by Crippen LogP contribution is 2.34. The van der Waals surface area contributed by atoms with E-state index < -0.39 is 10.0 Å². The zero-order valence-corrected chi connectivity index (χ0v) is 23.5. The van der Waals surface area contributed by atoms with Crippen molar-refractivity contribution in [2.24, 2.45) is 0 Å². The Balaban J connectivity index is 0.00000361. The third kappa shape index (κ3) is 5.84. The van der Waals surface area contributed by atoms with Crippen LogP contribution >= 0.6 is 23.7 Å². The normalized spacial score (nSPS) is 16.6. The number of methoxy groups -OCH3 is 1. The molecule has 0 bridgehead atoms. The van der Waals surface area contributed by atoms with Gasteiger partial charge < -0.3 is 9.64 Å². The molecule has 3 aromatic rings. The number of piperidine rings is 1. The van der Waals surface area contributed by atoms with Crippen LogP contribution in [0.1, 0.15) is 36.5 Å². The van der Waals surface area contributed by atoms with Gasteiger partial charge in [0.15, 0.2) is 5.13 Å². The standard InChI is InChI=1S/C25H32N4O4S2.ClH/c1-18-8-5-6-15-29(18)35(31,32)20-13-11-19(12-14-20)24(30)28(17-16-27(2)3)25-26-23-21(33-4)9-7-10-22(23)34-25;/h7,9-14,18H,5-6,8,15-17H2,1-4H3;1H. The number of halogens is 1. The minimum absolute atomic E-state index is 0. The largest absolute Gasteiger partial charge is 0.494 e. The van der Waals surface area contributed by atoms with Crippen LogP contribution in [0.4, 0.5) is 5.13 Å². The summed E-state index contributed by atoms with van der Waals surface area (Å²) in [6.45, 7) is 3.57. The van der Waals surface area contributed by atoms with Crippen molar-refractivity contribution in [3.05, 3.63) is 48.0 Å². The third-order valence-electron chi connectivity index (χ3n) is 6.29. The van der Waals surface area contributed by atoms with Gasteiger partial charge in [0.05, 0.1) is 16.7 Å². The average Bonchev–Trinajstić information content (AvgIpc) is 3.28. The van der Waals surface area contributed by atoms with Crippen molar-refractivity contribution in [1.29, 1.82) is 0 Å². The van der Waals surface area contributed by atoms with Gasteiger partial charge in [-0.05, 0) is 70.3 Å². The summed E-state index contributed by atoms with van der Waals surface area (Å²) < 4.78 is 34.3. The second-order valence-corrected chi connectivity index (χ2v) is 11.9. The number of fused-ring (bicyclic) bond motifs is 1. The molecule has 1 aliphatic heterocycles. The number of likely N-dealkylation sites (N-methyl/N-ethyl adjacent to an activating group) is 1. The SMILES string of the molecule is COc1cccc2sc(N(CCN(C)C)C(=O)c3ccc(S(=O)(=O)N4CCCCC4C)cc3)nc12.Cl. The number of thiazole rings is 1. The number of para-hydroxylation sites is 1. The van der Waals surface area contributed by atoms with Gasteiger partial charge in [-0.25, -0.2) is 13.4 Å². The van der Waals surface area contributed by atoms with Crippen LogP contribution in [0.15, 0.2) is 47.4 Å². The number of carbonyl (C=O) groups is 1. The first-order valence-electron chi connectivity index (χ1n) is 11.7. The molecule has 0 radical (unpaired) electrons. The molecule has 1 amide bonds. The maximum absolute atomic E-state index is 13.6. The first-order chi connectivity index (χ1) is 16.7. The summed E-state index contributed by atoms with van der Waals surface area (Å²) in [6, 6.07) is 11.9. The summed E-state index contributed by atoms with van der Waals surface area (Å²) in [4.78, 5) is 22.2. The number of nitrogens with zero attached hydrogens (tertiary/aromatic N) is 4. The highest BCUT2D eigenvalue weighted by Gasteiger charge is 2.31. The molecule has 0 saturated carbocycles. The lowest BCUT2D eigenvalue weighted by Gasteiger charge is -2.32. The Morgan fingerprint density at radius 2 is 1.86 bits per heavy atom. The number of aromatic nitrogens is 1. The fourth-order valence-corrected chi connectivity index (χ4v) is 6.97. The Morgan fingerprint density at radius 1 is 1.14 bits per heavy atom. The van der Waals surface area contributed by atoms with E-state index in [2.05, 4.69) is 0 Å². The number of benzene rings is 2. The molecule has 0 N–H and O–H groups in total. The number of hydrogen-bond donors (Lipinski definition) is 0. The summed E-state index contributed by atoms with van der Waals surface area (Å²) in [7, 11) is 1.90. The summed E-state index contributed by atoms with van der Waals surface area (Å²) in [5.74, 6) is 0.437. The maximum atomic E-state index is 13.6. The molecule has 1 unspecified atom stereocenters. The molecule has 8 nitrogen and oxygen atoms in total. The monoisotopic (exact) mass is 552 g/mol. The van der Waals surface area contributed by atoms with Crippen LogP contribution in [0.2, 0.25) is 0 Å². The van der Waals surface area contributed by atoms with Crippen LogP contribution in [-0.2, 0) is 10.0 Å². The molecule has 4 rings (SSSR count). The first kappa shape index (κ1) is 28.3. The van der Waals surface area contributed by atoms with Crippen molar-refractivity contribution in [3.8, 4) is 5.75 Å². The van der Waals surface area contributed by atoms with E-state index in [0.29, 0.717) is 36.1 Å². The van der Waals surface area contributed by atoms with Gasteiger partial charge in [0.1, 0.15) is 11.3 Å². The second kappa shape index (κ2) is 11.9. The van der Waals surface area contributed by atoms with Crippen molar-refractivity contribution < 1.29 is 17.9 Å². The van der Waals surface area contributed by atoms with Gasteiger partial charge >= 0.3 is 0 Å². The lowest BCUT2D eigenvalue weighted by atomic mass is 10.1. The molecular weight excluding hydrogens is 520 g/mol. The van der Waals surface area contributed by atoms with E-state index in [9.17, 15) is 13.2 Å². The van der Waals surface area contributed by atoms with E-state index in [-0.39, 0.29) is 29.3 Å². The molecule has 1 fully saturated rings. The minimum Gasteiger partial charge on any atom is -0.494 e. The predicted molar refractivity (Wildman–Crippen MR) is 147 cm³/mol. The zero-order valence-electron chi connectivity index (χ0n) is 21.0. The zero-order chi connectivity index (χ0) is 25.2. The molecule has 0 aliphatic carbocycles. The highest BCUT2D eigenvalue weighted by atomic mass is 35.5. The summed E-state index contributed by atoms with van der Waals surface area (Å²) >= 11 is 1.43. The number of hydrogen-bond acceptors (Lipinski definition) is 7. The number of sulfonamides is 1. The molecule has 36 heavy (non-hydrogen) atoms. The van der Waals surface area contributed by atoms with Crippen molar-refractivity contribution in [1.82, 2.24) is 14.2 Å². The van der Waals surface area contributed by atoms with Crippen LogP contribution in [-0.4, -0.2) is 75.4 Å². The molecule has 11 heteroatoms. The van der Waals surface area contributed by atoms with Gasteiger partial charge in [0, 0.05) is 31.2 Å². The van der Waals surface area contributed by atoms with Crippen LogP contribution < -0.4 is 9.64 Å². The molecule has 0 spiro atoms. The van der Waals surface area contributed by atoms with E-state index >= 15 is 0 Å². The van der Waals surface area contributed by atoms with E-state index in [0.717, 1.165) is 29.5 Å². The molecular formula is C25H33ClN4O4S2. The Kier molecular flexibility index (Phi) is 9.34. The Morgan fingerprint density at radius 3 is 2.50 bits per heavy atom. The molecule has 2 heterocycles. The van der Waals surface area contributed by atoms with Gasteiger partial charge in [-0.15, -0.1) is 12.4 Å². The van der Waals surface area contributed by atoms with Crippen molar-refractivity contribution >= 4 is 55.0 Å². The molecule has 1 saturated heterocycles. The van der Waals surface area contributed by atoms with Crippen molar-refractivity contribution in [2.75, 3.05) is 45.7 Å². The predicted octanol–water partition coefficient (Wildman–Crippen LogP) is 4.50. The topological polar surface area (TPSA) is 83.0 Å². The van der Waals surface area contributed by atoms with E-state index in [4.69, 9.17) is 9.72 Å². The first-order valence-corrected chi connectivity index (χ1v) is 14.0. The van der Waals surface area contributed by atoms with Crippen LogP contribution in [0.25, 0.3) is 10.2 Å². The van der Waals surface area contributed by atoms with Crippen LogP contribution in [0.3, 0.4) is 0 Å². The van der Waals surface area contributed by atoms with Crippen molar-refractivity contribution in [2.45, 2.75) is 37.1 Å². The Bertz CT molecular complexity index is 1300. The highest BCUT2D eigenvalue weighted by molar-refractivity contribution is 7.89. The van der Waals surface area contributed by atoms with Gasteiger partial charge in [-0.2, -0.15) is 4.31 Å². The second-order valence-electron chi connectivity index (χ2n) is 9.05. The molecule has 196 valence electrons. The van der Waals surface area contributed by atoms with E-state index in [1.807, 2.05) is 44.1 Å². The van der Waals surface area contributed by atoms with Gasteiger partial charge in [-0.1, -0.05) is 23.8 Å². The molecule has 2 aromatic carbocycles.